The molecule has 1 aromatic rings. The first kappa shape index (κ1) is 11.1. The first-order chi connectivity index (χ1) is 7.75. The molecule has 1 aromatic carbocycles. The Hall–Kier alpha value is -1.35. The molecule has 1 saturated carbocycles. The number of carboxylic acids is 1. The van der Waals surface area contributed by atoms with Crippen molar-refractivity contribution < 1.29 is 9.90 Å². The second kappa shape index (κ2) is 5.12. The fraction of sp³-hybridized carbons (Fsp3) is 0.462. The smallest absolute Gasteiger partial charge is 0.308 e. The molecule has 3 heteroatoms. The molecular weight excluding hydrogens is 202 g/mol. The first-order valence-electron chi connectivity index (χ1n) is 5.76. The van der Waals surface area contributed by atoms with Gasteiger partial charge in [-0.15, -0.1) is 0 Å². The number of carbonyl (C=O) groups is 1. The van der Waals surface area contributed by atoms with Crippen LogP contribution in [0.4, 0.5) is 0 Å². The minimum Gasteiger partial charge on any atom is -0.481 e. The average molecular weight is 219 g/mol. The molecule has 16 heavy (non-hydrogen) atoms. The summed E-state index contributed by atoms with van der Waals surface area (Å²) in [5.74, 6) is -1.03. The van der Waals surface area contributed by atoms with Gasteiger partial charge in [0, 0.05) is 12.6 Å². The Morgan fingerprint density at radius 1 is 1.38 bits per heavy atom. The minimum absolute atomic E-state index is 0.317. The topological polar surface area (TPSA) is 49.3 Å². The van der Waals surface area contributed by atoms with E-state index in [1.165, 1.54) is 12.8 Å². The lowest BCUT2D eigenvalue weighted by Gasteiger charge is -2.13. The zero-order valence-electron chi connectivity index (χ0n) is 9.23. The van der Waals surface area contributed by atoms with Crippen molar-refractivity contribution in [1.29, 1.82) is 0 Å². The zero-order chi connectivity index (χ0) is 11.4. The lowest BCUT2D eigenvalue weighted by molar-refractivity contribution is -0.141. The van der Waals surface area contributed by atoms with E-state index in [0.717, 1.165) is 5.56 Å². The van der Waals surface area contributed by atoms with Gasteiger partial charge in [-0.1, -0.05) is 30.3 Å². The van der Waals surface area contributed by atoms with Gasteiger partial charge in [0.15, 0.2) is 0 Å². The highest BCUT2D eigenvalue weighted by Gasteiger charge is 2.24. The lowest BCUT2D eigenvalue weighted by atomic mass is 9.99. The predicted molar refractivity (Wildman–Crippen MR) is 62.3 cm³/mol. The van der Waals surface area contributed by atoms with Crippen molar-refractivity contribution in [3.05, 3.63) is 35.9 Å². The molecule has 86 valence electrons. The van der Waals surface area contributed by atoms with Crippen LogP contribution in [0, 0.1) is 5.92 Å². The third kappa shape index (κ3) is 3.35. The molecule has 1 aliphatic rings. The van der Waals surface area contributed by atoms with Crippen LogP contribution in [0.15, 0.2) is 30.3 Å². The fourth-order valence-corrected chi connectivity index (χ4v) is 1.74. The average Bonchev–Trinajstić information content (AvgIpc) is 3.09. The van der Waals surface area contributed by atoms with Gasteiger partial charge in [0.2, 0.25) is 0 Å². The normalized spacial score (nSPS) is 17.0. The molecule has 0 spiro atoms. The summed E-state index contributed by atoms with van der Waals surface area (Å²) in [5.41, 5.74) is 1.09. The summed E-state index contributed by atoms with van der Waals surface area (Å²) >= 11 is 0. The molecule has 0 heterocycles. The Morgan fingerprint density at radius 2 is 2.06 bits per heavy atom. The maximum absolute atomic E-state index is 11.1. The molecule has 0 bridgehead atoms. The Bertz CT molecular complexity index is 346. The Labute approximate surface area is 95.5 Å². The standard InChI is InChI=1S/C13H17NO2/c15-13(16)11(9-14-12-6-7-12)8-10-4-2-1-3-5-10/h1-5,11-12,14H,6-9H2,(H,15,16). The largest absolute Gasteiger partial charge is 0.481 e. The van der Waals surface area contributed by atoms with E-state index in [0.29, 0.717) is 19.0 Å². The van der Waals surface area contributed by atoms with Crippen LogP contribution in [0.2, 0.25) is 0 Å². The number of hydrogen-bond acceptors (Lipinski definition) is 2. The van der Waals surface area contributed by atoms with Gasteiger partial charge in [-0.05, 0) is 24.8 Å². The number of benzene rings is 1. The third-order valence-electron chi connectivity index (χ3n) is 2.90. The van der Waals surface area contributed by atoms with Gasteiger partial charge in [0.05, 0.1) is 5.92 Å². The van der Waals surface area contributed by atoms with E-state index in [1.807, 2.05) is 30.3 Å². The van der Waals surface area contributed by atoms with E-state index in [1.54, 1.807) is 0 Å². The van der Waals surface area contributed by atoms with Gasteiger partial charge in [0.1, 0.15) is 0 Å². The number of nitrogens with one attached hydrogen (secondary N) is 1. The highest BCUT2D eigenvalue weighted by molar-refractivity contribution is 5.70. The molecule has 0 aromatic heterocycles. The van der Waals surface area contributed by atoms with Crippen LogP contribution in [0.1, 0.15) is 18.4 Å². The van der Waals surface area contributed by atoms with Crippen LogP contribution in [0.25, 0.3) is 0 Å². The van der Waals surface area contributed by atoms with Gasteiger partial charge in [-0.2, -0.15) is 0 Å². The maximum atomic E-state index is 11.1. The number of rotatable bonds is 6. The van der Waals surface area contributed by atoms with E-state index in [4.69, 9.17) is 5.11 Å². The maximum Gasteiger partial charge on any atom is 0.308 e. The Kier molecular flexibility index (Phi) is 3.57. The third-order valence-corrected chi connectivity index (χ3v) is 2.90. The molecule has 1 atom stereocenters. The molecule has 0 amide bonds. The number of carboxylic acid groups (broad SMARTS) is 1. The molecule has 3 nitrogen and oxygen atoms in total. The van der Waals surface area contributed by atoms with Crippen LogP contribution in [0.5, 0.6) is 0 Å². The molecule has 0 aliphatic heterocycles. The summed E-state index contributed by atoms with van der Waals surface area (Å²) in [4.78, 5) is 11.1. The second-order valence-corrected chi connectivity index (χ2v) is 4.41. The summed E-state index contributed by atoms with van der Waals surface area (Å²) in [6.07, 6.45) is 2.99. The first-order valence-corrected chi connectivity index (χ1v) is 5.76. The molecule has 1 unspecified atom stereocenters. The summed E-state index contributed by atoms with van der Waals surface area (Å²) in [6, 6.07) is 10.4. The second-order valence-electron chi connectivity index (χ2n) is 4.41. The van der Waals surface area contributed by atoms with Crippen LogP contribution in [-0.2, 0) is 11.2 Å². The van der Waals surface area contributed by atoms with Crippen molar-refractivity contribution in [3.8, 4) is 0 Å². The van der Waals surface area contributed by atoms with Gasteiger partial charge in [-0.25, -0.2) is 0 Å². The molecule has 1 fully saturated rings. The number of aliphatic carboxylic acids is 1. The molecule has 2 N–H and O–H groups in total. The van der Waals surface area contributed by atoms with Crippen molar-refractivity contribution in [1.82, 2.24) is 5.32 Å². The highest BCUT2D eigenvalue weighted by Crippen LogP contribution is 2.19. The van der Waals surface area contributed by atoms with E-state index in [9.17, 15) is 4.79 Å². The van der Waals surface area contributed by atoms with Crippen LogP contribution < -0.4 is 5.32 Å². The van der Waals surface area contributed by atoms with Crippen molar-refractivity contribution in [2.75, 3.05) is 6.54 Å². The quantitative estimate of drug-likeness (QED) is 0.765. The Morgan fingerprint density at radius 3 is 2.62 bits per heavy atom. The van der Waals surface area contributed by atoms with E-state index in [2.05, 4.69) is 5.32 Å². The minimum atomic E-state index is -0.711. The molecule has 0 saturated heterocycles. The van der Waals surface area contributed by atoms with Crippen LogP contribution in [0.3, 0.4) is 0 Å². The summed E-state index contributed by atoms with van der Waals surface area (Å²) in [7, 11) is 0. The molecular formula is C13H17NO2. The Balaban J connectivity index is 1.88. The van der Waals surface area contributed by atoms with E-state index < -0.39 is 5.97 Å². The summed E-state index contributed by atoms with van der Waals surface area (Å²) in [5, 5.41) is 12.4. The lowest BCUT2D eigenvalue weighted by Crippen LogP contribution is -2.31. The molecule has 2 rings (SSSR count). The van der Waals surface area contributed by atoms with Crippen molar-refractivity contribution in [2.24, 2.45) is 5.92 Å². The van der Waals surface area contributed by atoms with Gasteiger partial charge >= 0.3 is 5.97 Å². The molecule has 1 aliphatic carbocycles. The molecule has 0 radical (unpaired) electrons. The zero-order valence-corrected chi connectivity index (χ0v) is 9.23. The monoisotopic (exact) mass is 219 g/mol. The van der Waals surface area contributed by atoms with E-state index >= 15 is 0 Å². The number of hydrogen-bond donors (Lipinski definition) is 2. The van der Waals surface area contributed by atoms with Gasteiger partial charge in [-0.3, -0.25) is 4.79 Å². The van der Waals surface area contributed by atoms with E-state index in [-0.39, 0.29) is 5.92 Å². The van der Waals surface area contributed by atoms with Crippen LogP contribution >= 0.6 is 0 Å². The summed E-state index contributed by atoms with van der Waals surface area (Å²) in [6.45, 7) is 0.578. The van der Waals surface area contributed by atoms with Crippen molar-refractivity contribution >= 4 is 5.97 Å². The van der Waals surface area contributed by atoms with Gasteiger partial charge in [0.25, 0.3) is 0 Å². The highest BCUT2D eigenvalue weighted by atomic mass is 16.4. The van der Waals surface area contributed by atoms with Crippen LogP contribution in [-0.4, -0.2) is 23.7 Å². The SMILES string of the molecule is O=C(O)C(CNC1CC1)Cc1ccccc1. The fourth-order valence-electron chi connectivity index (χ4n) is 1.74. The van der Waals surface area contributed by atoms with Crippen molar-refractivity contribution in [3.63, 3.8) is 0 Å². The predicted octanol–water partition coefficient (Wildman–Crippen LogP) is 1.68. The van der Waals surface area contributed by atoms with Gasteiger partial charge < -0.3 is 10.4 Å². The van der Waals surface area contributed by atoms with Crippen molar-refractivity contribution in [2.45, 2.75) is 25.3 Å². The summed E-state index contributed by atoms with van der Waals surface area (Å²) < 4.78 is 0.